The van der Waals surface area contributed by atoms with E-state index in [0.29, 0.717) is 12.3 Å². The summed E-state index contributed by atoms with van der Waals surface area (Å²) in [6.07, 6.45) is 4.62. The van der Waals surface area contributed by atoms with Crippen LogP contribution >= 0.6 is 0 Å². The van der Waals surface area contributed by atoms with Crippen LogP contribution in [0.15, 0.2) is 54.6 Å². The first-order valence-corrected chi connectivity index (χ1v) is 12.0. The molecule has 2 aliphatic carbocycles. The molecule has 0 aromatic heterocycles. The minimum atomic E-state index is -1.08. The van der Waals surface area contributed by atoms with E-state index in [-0.39, 0.29) is 23.8 Å². The van der Waals surface area contributed by atoms with Crippen molar-refractivity contribution in [2.45, 2.75) is 69.5 Å². The van der Waals surface area contributed by atoms with Crippen molar-refractivity contribution in [2.24, 2.45) is 5.92 Å². The lowest BCUT2D eigenvalue weighted by molar-refractivity contribution is -0.139. The smallest absolute Gasteiger partial charge is 0.326 e. The fourth-order valence-corrected chi connectivity index (χ4v) is 5.68. The molecule has 1 heterocycles. The molecule has 2 aromatic carbocycles. The summed E-state index contributed by atoms with van der Waals surface area (Å²) in [7, 11) is 0. The molecule has 1 saturated carbocycles. The fraction of sp³-hybridized carbons (Fsp3) is 0.444. The maximum atomic E-state index is 13.9. The van der Waals surface area contributed by atoms with Crippen molar-refractivity contribution in [1.29, 1.82) is 0 Å². The van der Waals surface area contributed by atoms with Gasteiger partial charge in [-0.25, -0.2) is 9.69 Å². The summed E-state index contributed by atoms with van der Waals surface area (Å²) < 4.78 is 0. The van der Waals surface area contributed by atoms with E-state index in [2.05, 4.69) is 10.6 Å². The number of rotatable bonds is 6. The number of imide groups is 1. The number of nitrogens with zero attached hydrogens (tertiary/aromatic N) is 1. The van der Waals surface area contributed by atoms with Gasteiger partial charge in [-0.2, -0.15) is 0 Å². The number of hydrogen-bond donors (Lipinski definition) is 2. The van der Waals surface area contributed by atoms with Crippen LogP contribution in [0, 0.1) is 5.92 Å². The largest absolute Gasteiger partial charge is 0.352 e. The van der Waals surface area contributed by atoms with Crippen molar-refractivity contribution in [3.63, 3.8) is 0 Å². The average Bonchev–Trinajstić information content (AvgIpc) is 3.26. The third kappa shape index (κ3) is 3.52. The van der Waals surface area contributed by atoms with E-state index in [4.69, 9.17) is 0 Å². The predicted molar refractivity (Wildman–Crippen MR) is 125 cm³/mol. The number of urea groups is 1. The summed E-state index contributed by atoms with van der Waals surface area (Å²) >= 11 is 0. The molecular weight excluding hydrogens is 414 g/mol. The van der Waals surface area contributed by atoms with Crippen LogP contribution in [0.25, 0.3) is 0 Å². The number of aryl methyl sites for hydroxylation is 1. The Hall–Kier alpha value is -3.15. The van der Waals surface area contributed by atoms with Gasteiger partial charge < -0.3 is 10.6 Å². The van der Waals surface area contributed by atoms with Crippen LogP contribution in [-0.4, -0.2) is 34.8 Å². The maximum Gasteiger partial charge on any atom is 0.326 e. The van der Waals surface area contributed by atoms with E-state index in [1.807, 2.05) is 68.4 Å². The Morgan fingerprint density at radius 2 is 1.76 bits per heavy atom. The maximum absolute atomic E-state index is 13.9. The van der Waals surface area contributed by atoms with Crippen molar-refractivity contribution in [2.75, 3.05) is 0 Å². The van der Waals surface area contributed by atoms with Gasteiger partial charge in [-0.3, -0.25) is 9.59 Å². The zero-order valence-electron chi connectivity index (χ0n) is 19.2. The summed E-state index contributed by atoms with van der Waals surface area (Å²) in [5.74, 6) is -0.478. The first-order chi connectivity index (χ1) is 15.9. The molecule has 2 unspecified atom stereocenters. The monoisotopic (exact) mass is 445 g/mol. The van der Waals surface area contributed by atoms with Gasteiger partial charge in [-0.15, -0.1) is 0 Å². The van der Waals surface area contributed by atoms with E-state index < -0.39 is 17.6 Å². The molecule has 2 aromatic rings. The number of benzene rings is 2. The van der Waals surface area contributed by atoms with Gasteiger partial charge in [0.15, 0.2) is 0 Å². The molecule has 5 rings (SSSR count). The van der Waals surface area contributed by atoms with Crippen molar-refractivity contribution < 1.29 is 14.4 Å². The molecule has 3 aliphatic rings. The summed E-state index contributed by atoms with van der Waals surface area (Å²) in [5.41, 5.74) is 1.76. The van der Waals surface area contributed by atoms with Gasteiger partial charge in [0.25, 0.3) is 5.91 Å². The van der Waals surface area contributed by atoms with Crippen molar-refractivity contribution in [3.05, 3.63) is 71.3 Å². The molecule has 172 valence electrons. The SMILES string of the molecule is CC(c1ccccc1)C(C(=O)N[C@@H](C)C1CCC1)N1C(=O)N[C@]2(CCc3ccccc32)C1=O. The van der Waals surface area contributed by atoms with Gasteiger partial charge in [-0.1, -0.05) is 67.9 Å². The first kappa shape index (κ1) is 21.7. The Labute approximate surface area is 194 Å². The zero-order chi connectivity index (χ0) is 23.2. The van der Waals surface area contributed by atoms with Crippen LogP contribution in [0.1, 0.15) is 62.1 Å². The van der Waals surface area contributed by atoms with Crippen LogP contribution < -0.4 is 10.6 Å². The van der Waals surface area contributed by atoms with Crippen molar-refractivity contribution >= 4 is 17.8 Å². The lowest BCUT2D eigenvalue weighted by Gasteiger charge is -2.35. The van der Waals surface area contributed by atoms with Crippen LogP contribution in [0.5, 0.6) is 0 Å². The molecule has 0 radical (unpaired) electrons. The normalized spacial score (nSPS) is 24.7. The molecule has 0 bridgehead atoms. The highest BCUT2D eigenvalue weighted by Crippen LogP contribution is 2.43. The van der Waals surface area contributed by atoms with Gasteiger partial charge in [0.05, 0.1) is 0 Å². The average molecular weight is 446 g/mol. The Kier molecular flexibility index (Phi) is 5.47. The third-order valence-corrected chi connectivity index (χ3v) is 7.94. The Morgan fingerprint density at radius 3 is 2.45 bits per heavy atom. The quantitative estimate of drug-likeness (QED) is 0.663. The molecule has 1 aliphatic heterocycles. The number of fused-ring (bicyclic) bond motifs is 2. The first-order valence-electron chi connectivity index (χ1n) is 12.0. The molecule has 1 spiro atoms. The third-order valence-electron chi connectivity index (χ3n) is 7.94. The molecule has 6 nitrogen and oxygen atoms in total. The highest BCUT2D eigenvalue weighted by Gasteiger charge is 2.58. The molecule has 4 atom stereocenters. The van der Waals surface area contributed by atoms with Crippen LogP contribution in [0.2, 0.25) is 0 Å². The number of amides is 4. The van der Waals surface area contributed by atoms with E-state index in [1.165, 1.54) is 11.3 Å². The van der Waals surface area contributed by atoms with Gasteiger partial charge in [0.1, 0.15) is 11.6 Å². The molecule has 6 heteroatoms. The minimum Gasteiger partial charge on any atom is -0.352 e. The second-order valence-electron chi connectivity index (χ2n) is 9.80. The highest BCUT2D eigenvalue weighted by atomic mass is 16.2. The summed E-state index contributed by atoms with van der Waals surface area (Å²) in [5, 5.41) is 6.12. The Bertz CT molecular complexity index is 1080. The standard InChI is InChI=1S/C27H31N3O3/c1-17(19-9-4-3-5-10-19)23(24(31)28-18(2)20-12-8-13-20)30-25(32)27(29-26(30)33)16-15-21-11-6-7-14-22(21)27/h3-7,9-11,14,17-18,20,23H,8,12-13,15-16H2,1-2H3,(H,28,31)(H,29,33)/t17?,18-,23?,27-/m0/s1. The van der Waals surface area contributed by atoms with Gasteiger partial charge in [0, 0.05) is 12.0 Å². The number of carbonyl (C=O) groups excluding carboxylic acids is 3. The van der Waals surface area contributed by atoms with Crippen LogP contribution in [0.3, 0.4) is 0 Å². The summed E-state index contributed by atoms with van der Waals surface area (Å²) in [6, 6.07) is 16.0. The van der Waals surface area contributed by atoms with Crippen LogP contribution in [0.4, 0.5) is 4.79 Å². The molecule has 4 amide bonds. The lowest BCUT2D eigenvalue weighted by atomic mass is 9.80. The van der Waals surface area contributed by atoms with Crippen molar-refractivity contribution in [3.8, 4) is 0 Å². The van der Waals surface area contributed by atoms with Gasteiger partial charge >= 0.3 is 6.03 Å². The second-order valence-corrected chi connectivity index (χ2v) is 9.80. The number of nitrogens with one attached hydrogen (secondary N) is 2. The molecule has 2 fully saturated rings. The molecular formula is C27H31N3O3. The summed E-state index contributed by atoms with van der Waals surface area (Å²) in [6.45, 7) is 3.94. The minimum absolute atomic E-state index is 0.0126. The number of carbonyl (C=O) groups is 3. The van der Waals surface area contributed by atoms with E-state index in [0.717, 1.165) is 36.0 Å². The van der Waals surface area contributed by atoms with E-state index in [1.54, 1.807) is 0 Å². The summed E-state index contributed by atoms with van der Waals surface area (Å²) in [4.78, 5) is 42.1. The van der Waals surface area contributed by atoms with Gasteiger partial charge in [-0.05, 0) is 55.2 Å². The lowest BCUT2D eigenvalue weighted by Crippen LogP contribution is -2.55. The van der Waals surface area contributed by atoms with E-state index >= 15 is 0 Å². The zero-order valence-corrected chi connectivity index (χ0v) is 19.2. The van der Waals surface area contributed by atoms with Crippen LogP contribution in [-0.2, 0) is 21.5 Å². The predicted octanol–water partition coefficient (Wildman–Crippen LogP) is 3.86. The second kappa shape index (κ2) is 8.32. The molecule has 1 saturated heterocycles. The highest BCUT2D eigenvalue weighted by molar-refractivity contribution is 6.11. The van der Waals surface area contributed by atoms with E-state index in [9.17, 15) is 14.4 Å². The van der Waals surface area contributed by atoms with Crippen molar-refractivity contribution in [1.82, 2.24) is 15.5 Å². The topological polar surface area (TPSA) is 78.5 Å². The number of hydrogen-bond acceptors (Lipinski definition) is 3. The fourth-order valence-electron chi connectivity index (χ4n) is 5.68. The molecule has 2 N–H and O–H groups in total. The molecule has 33 heavy (non-hydrogen) atoms. The Morgan fingerprint density at radius 1 is 1.06 bits per heavy atom. The Balaban J connectivity index is 1.50. The van der Waals surface area contributed by atoms with Gasteiger partial charge in [0.2, 0.25) is 5.91 Å².